The van der Waals surface area contributed by atoms with Gasteiger partial charge in [0.05, 0.1) is 17.8 Å². The molecule has 0 saturated heterocycles. The van der Waals surface area contributed by atoms with E-state index < -0.39 is 6.10 Å². The number of aliphatic hydroxyl groups excluding tert-OH is 1. The average Bonchev–Trinajstić information content (AvgIpc) is 3.25. The number of amides is 1. The Morgan fingerprint density at radius 2 is 1.93 bits per heavy atom. The van der Waals surface area contributed by atoms with Crippen molar-refractivity contribution in [2.75, 3.05) is 0 Å². The summed E-state index contributed by atoms with van der Waals surface area (Å²) in [5.74, 6) is -0.221. The van der Waals surface area contributed by atoms with Gasteiger partial charge in [0.1, 0.15) is 5.69 Å². The Bertz CT molecular complexity index is 922. The van der Waals surface area contributed by atoms with Crippen molar-refractivity contribution < 1.29 is 9.90 Å². The van der Waals surface area contributed by atoms with Crippen molar-refractivity contribution in [3.63, 3.8) is 0 Å². The predicted molar refractivity (Wildman–Crippen MR) is 106 cm³/mol. The Morgan fingerprint density at radius 1 is 1.11 bits per heavy atom. The number of carbonyl (C=O) groups excluding carboxylic acids is 1. The summed E-state index contributed by atoms with van der Waals surface area (Å²) in [5.41, 5.74) is 3.57. The number of hydrogen-bond acceptors (Lipinski definition) is 4. The van der Waals surface area contributed by atoms with E-state index in [9.17, 15) is 9.90 Å². The minimum absolute atomic E-state index is 0.179. The fourth-order valence-electron chi connectivity index (χ4n) is 3.65. The summed E-state index contributed by atoms with van der Waals surface area (Å²) in [4.78, 5) is 16.8. The summed E-state index contributed by atoms with van der Waals surface area (Å²) in [5, 5.41) is 17.2. The molecule has 1 amide bonds. The Morgan fingerprint density at radius 3 is 2.68 bits per heavy atom. The minimum Gasteiger partial charge on any atom is -0.391 e. The molecule has 1 aliphatic rings. The third-order valence-corrected chi connectivity index (χ3v) is 5.22. The van der Waals surface area contributed by atoms with Crippen molar-refractivity contribution in [3.8, 4) is 5.69 Å². The van der Waals surface area contributed by atoms with E-state index >= 15 is 0 Å². The van der Waals surface area contributed by atoms with Crippen LogP contribution in [0.3, 0.4) is 0 Å². The molecule has 0 aliphatic heterocycles. The van der Waals surface area contributed by atoms with Gasteiger partial charge in [0.2, 0.25) is 0 Å². The van der Waals surface area contributed by atoms with Crippen molar-refractivity contribution in [2.24, 2.45) is 0 Å². The first kappa shape index (κ1) is 18.4. The molecule has 6 nitrogen and oxygen atoms in total. The summed E-state index contributed by atoms with van der Waals surface area (Å²) in [6, 6.07) is 13.7. The first-order chi connectivity index (χ1) is 13.7. The summed E-state index contributed by atoms with van der Waals surface area (Å²) in [7, 11) is 0. The molecule has 0 spiro atoms. The number of hydrogen-bond donors (Lipinski definition) is 2. The lowest BCUT2D eigenvalue weighted by Gasteiger charge is -2.28. The lowest BCUT2D eigenvalue weighted by atomic mass is 9.92. The number of nitrogens with one attached hydrogen (secondary N) is 1. The van der Waals surface area contributed by atoms with Gasteiger partial charge in [-0.05, 0) is 60.7 Å². The predicted octanol–water partition coefficient (Wildman–Crippen LogP) is 2.89. The molecule has 0 radical (unpaired) electrons. The lowest BCUT2D eigenvalue weighted by molar-refractivity contribution is 0.0713. The van der Waals surface area contributed by atoms with Crippen LogP contribution in [0.5, 0.6) is 0 Å². The standard InChI is InChI=1S/C22H24N4O2/c27-21-5-2-1-4-19(21)25-22(28)20-15-17(10-12-23-20)14-16-6-8-18(9-7-16)26-13-3-11-24-26/h3,6-13,15,19,21,27H,1-2,4-5,14H2,(H,25,28)/t19-,21-/m0/s1. The van der Waals surface area contributed by atoms with Gasteiger partial charge >= 0.3 is 0 Å². The minimum atomic E-state index is -0.464. The van der Waals surface area contributed by atoms with E-state index in [0.717, 1.165) is 42.5 Å². The van der Waals surface area contributed by atoms with E-state index in [1.165, 1.54) is 0 Å². The van der Waals surface area contributed by atoms with Gasteiger partial charge in [0, 0.05) is 18.6 Å². The SMILES string of the molecule is O=C(N[C@H]1CCCC[C@@H]1O)c1cc(Cc2ccc(-n3cccn3)cc2)ccn1. The summed E-state index contributed by atoms with van der Waals surface area (Å²) >= 11 is 0. The quantitative estimate of drug-likeness (QED) is 0.718. The van der Waals surface area contributed by atoms with Crippen molar-refractivity contribution >= 4 is 5.91 Å². The molecule has 2 heterocycles. The Hall–Kier alpha value is -2.99. The van der Waals surface area contributed by atoms with E-state index in [1.807, 2.05) is 41.2 Å². The summed E-state index contributed by atoms with van der Waals surface area (Å²) in [6.07, 6.45) is 9.19. The van der Waals surface area contributed by atoms with Crippen LogP contribution in [0, 0.1) is 0 Å². The molecule has 0 bridgehead atoms. The molecule has 1 aromatic carbocycles. The smallest absolute Gasteiger partial charge is 0.270 e. The lowest BCUT2D eigenvalue weighted by Crippen LogP contribution is -2.45. The molecular weight excluding hydrogens is 352 g/mol. The maximum atomic E-state index is 12.5. The van der Waals surface area contributed by atoms with Crippen LogP contribution >= 0.6 is 0 Å². The molecule has 28 heavy (non-hydrogen) atoms. The Balaban J connectivity index is 1.42. The monoisotopic (exact) mass is 376 g/mol. The van der Waals surface area contributed by atoms with E-state index in [4.69, 9.17) is 0 Å². The molecule has 1 aliphatic carbocycles. The molecule has 144 valence electrons. The van der Waals surface area contributed by atoms with Crippen LogP contribution < -0.4 is 5.32 Å². The van der Waals surface area contributed by atoms with E-state index in [0.29, 0.717) is 12.1 Å². The fourth-order valence-corrected chi connectivity index (χ4v) is 3.65. The van der Waals surface area contributed by atoms with Crippen molar-refractivity contribution in [3.05, 3.63) is 77.9 Å². The van der Waals surface area contributed by atoms with Crippen molar-refractivity contribution in [1.29, 1.82) is 0 Å². The molecule has 1 saturated carbocycles. The topological polar surface area (TPSA) is 80.0 Å². The van der Waals surface area contributed by atoms with Gasteiger partial charge in [-0.2, -0.15) is 5.10 Å². The molecule has 4 rings (SSSR count). The molecule has 2 N–H and O–H groups in total. The van der Waals surface area contributed by atoms with E-state index in [-0.39, 0.29) is 11.9 Å². The number of benzene rings is 1. The number of pyridine rings is 1. The summed E-state index contributed by atoms with van der Waals surface area (Å²) < 4.78 is 1.82. The second-order valence-electron chi connectivity index (χ2n) is 7.27. The van der Waals surface area contributed by atoms with Crippen molar-refractivity contribution in [1.82, 2.24) is 20.1 Å². The normalized spacial score (nSPS) is 19.3. The Labute approximate surface area is 164 Å². The van der Waals surface area contributed by atoms with Gasteiger partial charge in [-0.1, -0.05) is 25.0 Å². The van der Waals surface area contributed by atoms with Crippen LogP contribution in [0.1, 0.15) is 47.3 Å². The molecule has 2 atom stereocenters. The highest BCUT2D eigenvalue weighted by Gasteiger charge is 2.25. The molecule has 1 fully saturated rings. The second-order valence-corrected chi connectivity index (χ2v) is 7.27. The maximum Gasteiger partial charge on any atom is 0.270 e. The number of nitrogens with zero attached hydrogens (tertiary/aromatic N) is 3. The van der Waals surface area contributed by atoms with Crippen LogP contribution in [-0.4, -0.2) is 37.9 Å². The van der Waals surface area contributed by atoms with E-state index in [2.05, 4.69) is 27.5 Å². The third kappa shape index (κ3) is 4.28. The zero-order chi connectivity index (χ0) is 19.3. The molecule has 0 unspecified atom stereocenters. The number of rotatable bonds is 5. The first-order valence-corrected chi connectivity index (χ1v) is 9.72. The zero-order valence-electron chi connectivity index (χ0n) is 15.7. The third-order valence-electron chi connectivity index (χ3n) is 5.22. The highest BCUT2D eigenvalue weighted by molar-refractivity contribution is 5.92. The van der Waals surface area contributed by atoms with Gasteiger partial charge in [-0.15, -0.1) is 0 Å². The largest absolute Gasteiger partial charge is 0.391 e. The second kappa shape index (κ2) is 8.35. The number of carbonyl (C=O) groups is 1. The van der Waals surface area contributed by atoms with Crippen LogP contribution in [0.25, 0.3) is 5.69 Å². The van der Waals surface area contributed by atoms with Gasteiger partial charge < -0.3 is 10.4 Å². The van der Waals surface area contributed by atoms with Crippen LogP contribution in [0.4, 0.5) is 0 Å². The Kier molecular flexibility index (Phi) is 5.48. The maximum absolute atomic E-state index is 12.5. The van der Waals surface area contributed by atoms with E-state index in [1.54, 1.807) is 12.4 Å². The van der Waals surface area contributed by atoms with Gasteiger partial charge in [-0.3, -0.25) is 9.78 Å². The number of aromatic nitrogens is 3. The molecular formula is C22H24N4O2. The van der Waals surface area contributed by atoms with Gasteiger partial charge in [-0.25, -0.2) is 4.68 Å². The van der Waals surface area contributed by atoms with Gasteiger partial charge in [0.25, 0.3) is 5.91 Å². The summed E-state index contributed by atoms with van der Waals surface area (Å²) in [6.45, 7) is 0. The van der Waals surface area contributed by atoms with Crippen molar-refractivity contribution in [2.45, 2.75) is 44.2 Å². The number of aliphatic hydroxyl groups is 1. The highest BCUT2D eigenvalue weighted by Crippen LogP contribution is 2.19. The first-order valence-electron chi connectivity index (χ1n) is 9.72. The highest BCUT2D eigenvalue weighted by atomic mass is 16.3. The fraction of sp³-hybridized carbons (Fsp3) is 0.318. The van der Waals surface area contributed by atoms with Gasteiger partial charge in [0.15, 0.2) is 0 Å². The van der Waals surface area contributed by atoms with Crippen LogP contribution in [0.2, 0.25) is 0 Å². The van der Waals surface area contributed by atoms with Crippen LogP contribution in [0.15, 0.2) is 61.1 Å². The molecule has 2 aromatic heterocycles. The zero-order valence-corrected chi connectivity index (χ0v) is 15.7. The van der Waals surface area contributed by atoms with Crippen LogP contribution in [-0.2, 0) is 6.42 Å². The molecule has 3 aromatic rings. The average molecular weight is 376 g/mol. The molecule has 6 heteroatoms.